The van der Waals surface area contributed by atoms with E-state index in [9.17, 15) is 9.00 Å². The minimum Gasteiger partial charge on any atom is -0.480 e. The van der Waals surface area contributed by atoms with Crippen LogP contribution >= 0.6 is 0 Å². The van der Waals surface area contributed by atoms with Crippen LogP contribution in [0.1, 0.15) is 26.7 Å². The highest BCUT2D eigenvalue weighted by Gasteiger charge is 2.19. The lowest BCUT2D eigenvalue weighted by Gasteiger charge is -2.14. The van der Waals surface area contributed by atoms with E-state index in [2.05, 4.69) is 0 Å². The maximum Gasteiger partial charge on any atom is 0.320 e. The molecule has 0 rings (SSSR count). The van der Waals surface area contributed by atoms with Gasteiger partial charge in [-0.2, -0.15) is 0 Å². The van der Waals surface area contributed by atoms with Crippen LogP contribution in [0.4, 0.5) is 0 Å². The molecule has 0 bridgehead atoms. The van der Waals surface area contributed by atoms with Gasteiger partial charge in [0.2, 0.25) is 0 Å². The first kappa shape index (κ1) is 13.4. The summed E-state index contributed by atoms with van der Waals surface area (Å²) in [4.78, 5) is 10.4. The van der Waals surface area contributed by atoms with Gasteiger partial charge in [-0.15, -0.1) is 0 Å². The van der Waals surface area contributed by atoms with Gasteiger partial charge in [0.25, 0.3) is 0 Å². The van der Waals surface area contributed by atoms with Crippen LogP contribution in [0.3, 0.4) is 0 Å². The highest BCUT2D eigenvalue weighted by molar-refractivity contribution is 7.93. The Morgan fingerprint density at radius 3 is 2.50 bits per heavy atom. The Labute approximate surface area is 84.7 Å². The summed E-state index contributed by atoms with van der Waals surface area (Å²) >= 11 is 0. The number of aliphatic carboxylic acids is 1. The highest BCUT2D eigenvalue weighted by Crippen LogP contribution is 2.09. The number of carbonyl (C=O) groups is 1. The topological polar surface area (TPSA) is 104 Å². The number of nitrogens with one attached hydrogen (secondary N) is 1. The molecule has 0 saturated carbocycles. The van der Waals surface area contributed by atoms with Gasteiger partial charge in [-0.05, 0) is 19.8 Å². The molecule has 6 heteroatoms. The molecule has 0 aromatic heterocycles. The number of rotatable bonds is 6. The zero-order valence-corrected chi connectivity index (χ0v) is 9.34. The first-order valence-corrected chi connectivity index (χ1v) is 6.34. The fourth-order valence-corrected chi connectivity index (χ4v) is 2.44. The zero-order chi connectivity index (χ0) is 11.4. The van der Waals surface area contributed by atoms with Crippen molar-refractivity contribution in [3.8, 4) is 0 Å². The van der Waals surface area contributed by atoms with E-state index in [0.717, 1.165) is 0 Å². The molecule has 0 radical (unpaired) electrons. The van der Waals surface area contributed by atoms with Gasteiger partial charge in [0, 0.05) is 20.7 Å². The molecular weight excluding hydrogens is 204 g/mol. The summed E-state index contributed by atoms with van der Waals surface area (Å²) in [7, 11) is -2.68. The fraction of sp³-hybridized carbons (Fsp3) is 0.875. The second-order valence-electron chi connectivity index (χ2n) is 3.38. The quantitative estimate of drug-likeness (QED) is 0.613. The van der Waals surface area contributed by atoms with E-state index in [0.29, 0.717) is 6.42 Å². The van der Waals surface area contributed by atoms with Crippen molar-refractivity contribution in [2.45, 2.75) is 38.0 Å². The summed E-state index contributed by atoms with van der Waals surface area (Å²) in [5.41, 5.74) is 5.26. The molecule has 0 aliphatic rings. The standard InChI is InChI=1S/C8H18N2O3S/c1-3-6(2)14(10,13)5-4-7(9)8(11)12/h6-7,10H,3-5,9H2,1-2H3,(H,11,12)/t6-,7-,14?/m0/s1. The van der Waals surface area contributed by atoms with Gasteiger partial charge in [-0.25, -0.2) is 4.21 Å². The van der Waals surface area contributed by atoms with Gasteiger partial charge in [0.1, 0.15) is 6.04 Å². The Hall–Kier alpha value is -0.620. The molecule has 0 aliphatic carbocycles. The highest BCUT2D eigenvalue weighted by atomic mass is 32.2. The first-order chi connectivity index (χ1) is 6.31. The van der Waals surface area contributed by atoms with Crippen molar-refractivity contribution in [2.24, 2.45) is 5.73 Å². The van der Waals surface area contributed by atoms with E-state index in [1.54, 1.807) is 6.92 Å². The lowest BCUT2D eigenvalue weighted by molar-refractivity contribution is -0.138. The Morgan fingerprint density at radius 2 is 2.14 bits per heavy atom. The summed E-state index contributed by atoms with van der Waals surface area (Å²) in [5.74, 6) is -1.04. The minimum atomic E-state index is -2.68. The average molecular weight is 222 g/mol. The first-order valence-electron chi connectivity index (χ1n) is 4.55. The van der Waals surface area contributed by atoms with Gasteiger partial charge in [0.05, 0.1) is 0 Å². The Balaban J connectivity index is 4.20. The van der Waals surface area contributed by atoms with Crippen LogP contribution < -0.4 is 5.73 Å². The monoisotopic (exact) mass is 222 g/mol. The van der Waals surface area contributed by atoms with Crippen molar-refractivity contribution in [2.75, 3.05) is 5.75 Å². The lowest BCUT2D eigenvalue weighted by atomic mass is 10.2. The molecule has 3 atom stereocenters. The van der Waals surface area contributed by atoms with Crippen molar-refractivity contribution < 1.29 is 14.1 Å². The average Bonchev–Trinajstić information content (AvgIpc) is 2.12. The van der Waals surface area contributed by atoms with Crippen LogP contribution in [0.5, 0.6) is 0 Å². The normalized spacial score (nSPS) is 19.6. The van der Waals surface area contributed by atoms with E-state index >= 15 is 0 Å². The molecule has 84 valence electrons. The molecule has 0 amide bonds. The summed E-state index contributed by atoms with van der Waals surface area (Å²) < 4.78 is 19.2. The van der Waals surface area contributed by atoms with E-state index < -0.39 is 21.7 Å². The van der Waals surface area contributed by atoms with Gasteiger partial charge in [-0.3, -0.25) is 9.57 Å². The third kappa shape index (κ3) is 4.06. The largest absolute Gasteiger partial charge is 0.480 e. The smallest absolute Gasteiger partial charge is 0.320 e. The molecule has 0 aromatic carbocycles. The minimum absolute atomic E-state index is 0.0650. The fourth-order valence-electron chi connectivity index (χ4n) is 0.896. The second-order valence-corrected chi connectivity index (χ2v) is 6.05. The molecule has 0 fully saturated rings. The number of carboxylic acid groups (broad SMARTS) is 1. The Kier molecular flexibility index (Phi) is 5.07. The maximum atomic E-state index is 11.7. The van der Waals surface area contributed by atoms with E-state index in [-0.39, 0.29) is 17.4 Å². The van der Waals surface area contributed by atoms with Crippen LogP contribution in [-0.4, -0.2) is 32.3 Å². The summed E-state index contributed by atoms with van der Waals surface area (Å²) in [6.07, 6.45) is 0.757. The van der Waals surface area contributed by atoms with Crippen molar-refractivity contribution >= 4 is 15.7 Å². The maximum absolute atomic E-state index is 11.7. The molecule has 5 nitrogen and oxygen atoms in total. The van der Waals surface area contributed by atoms with Crippen LogP contribution in [-0.2, 0) is 14.5 Å². The molecule has 4 N–H and O–H groups in total. The summed E-state index contributed by atoms with van der Waals surface area (Å²) in [6, 6.07) is -1.01. The van der Waals surface area contributed by atoms with Crippen LogP contribution in [0.25, 0.3) is 0 Å². The third-order valence-electron chi connectivity index (χ3n) is 2.27. The molecule has 1 unspecified atom stereocenters. The number of hydrogen-bond donors (Lipinski definition) is 3. The molecule has 0 aliphatic heterocycles. The van der Waals surface area contributed by atoms with Gasteiger partial charge < -0.3 is 10.8 Å². The van der Waals surface area contributed by atoms with Crippen molar-refractivity contribution in [1.82, 2.24) is 0 Å². The molecule has 14 heavy (non-hydrogen) atoms. The Bertz CT molecular complexity index is 287. The van der Waals surface area contributed by atoms with Crippen molar-refractivity contribution in [1.29, 1.82) is 4.78 Å². The SMILES string of the molecule is CC[C@H](C)S(=N)(=O)CC[C@H](N)C(=O)O. The van der Waals surface area contributed by atoms with Gasteiger partial charge in [-0.1, -0.05) is 6.92 Å². The number of carboxylic acids is 1. The number of hydrogen-bond acceptors (Lipinski definition) is 4. The number of nitrogens with two attached hydrogens (primary N) is 1. The van der Waals surface area contributed by atoms with Crippen molar-refractivity contribution in [3.63, 3.8) is 0 Å². The lowest BCUT2D eigenvalue weighted by Crippen LogP contribution is -2.33. The van der Waals surface area contributed by atoms with Gasteiger partial charge in [0.15, 0.2) is 0 Å². The van der Waals surface area contributed by atoms with E-state index in [4.69, 9.17) is 15.6 Å². The van der Waals surface area contributed by atoms with Crippen LogP contribution in [0, 0.1) is 4.78 Å². The van der Waals surface area contributed by atoms with E-state index in [1.165, 1.54) is 0 Å². The zero-order valence-electron chi connectivity index (χ0n) is 8.53. The van der Waals surface area contributed by atoms with Crippen LogP contribution in [0.15, 0.2) is 0 Å². The predicted molar refractivity (Wildman–Crippen MR) is 55.7 cm³/mol. The van der Waals surface area contributed by atoms with Crippen molar-refractivity contribution in [3.05, 3.63) is 0 Å². The molecule has 0 saturated heterocycles. The van der Waals surface area contributed by atoms with Gasteiger partial charge >= 0.3 is 5.97 Å². The third-order valence-corrected chi connectivity index (χ3v) is 4.75. The molecular formula is C8H18N2O3S. The summed E-state index contributed by atoms with van der Waals surface area (Å²) in [5, 5.41) is 8.29. The van der Waals surface area contributed by atoms with Crippen LogP contribution in [0.2, 0.25) is 0 Å². The van der Waals surface area contributed by atoms with E-state index in [1.807, 2.05) is 6.92 Å². The molecule has 0 heterocycles. The predicted octanol–water partition coefficient (Wildman–Crippen LogP) is 0.634. The second kappa shape index (κ2) is 5.31. The Morgan fingerprint density at radius 1 is 1.64 bits per heavy atom. The summed E-state index contributed by atoms with van der Waals surface area (Å²) in [6.45, 7) is 3.59. The molecule has 0 aromatic rings. The molecule has 0 spiro atoms.